The Morgan fingerprint density at radius 1 is 1.55 bits per heavy atom. The van der Waals surface area contributed by atoms with E-state index in [4.69, 9.17) is 5.41 Å². The van der Waals surface area contributed by atoms with Crippen molar-refractivity contribution >= 4 is 24.4 Å². The fourth-order valence-electron chi connectivity index (χ4n) is 0.353. The summed E-state index contributed by atoms with van der Waals surface area (Å²) in [4.78, 5) is 9.96. The van der Waals surface area contributed by atoms with Gasteiger partial charge in [-0.25, -0.2) is 4.79 Å². The van der Waals surface area contributed by atoms with Gasteiger partial charge in [0, 0.05) is 0 Å². The lowest BCUT2D eigenvalue weighted by molar-refractivity contribution is 0.163. The van der Waals surface area contributed by atoms with Gasteiger partial charge in [-0.1, -0.05) is 0 Å². The van der Waals surface area contributed by atoms with E-state index >= 15 is 0 Å². The van der Waals surface area contributed by atoms with Crippen LogP contribution in [0.1, 0.15) is 6.92 Å². The summed E-state index contributed by atoms with van der Waals surface area (Å²) >= 11 is 0. The Hall–Kier alpha value is -0.970. The van der Waals surface area contributed by atoms with E-state index in [9.17, 15) is 4.79 Å². The Morgan fingerprint density at radius 2 is 2.09 bits per heavy atom. The van der Waals surface area contributed by atoms with Gasteiger partial charge in [0.15, 0.2) is 6.61 Å². The Morgan fingerprint density at radius 3 is 2.45 bits per heavy atom. The summed E-state index contributed by atoms with van der Waals surface area (Å²) in [6, 6.07) is 0. The Balaban J connectivity index is 0. The number of halogens is 1. The highest BCUT2D eigenvalue weighted by Crippen LogP contribution is 1.80. The standard InChI is InChI=1S/C5H10N2O3.ClH/c1-2-9-4(6)3-10-5(7)8;/h6H,2-3H2,1H3,(H2,7,8);1H. The molecule has 0 bridgehead atoms. The lowest BCUT2D eigenvalue weighted by Crippen LogP contribution is -2.19. The zero-order valence-corrected chi connectivity index (χ0v) is 6.94. The van der Waals surface area contributed by atoms with Crippen LogP contribution in [0.25, 0.3) is 0 Å². The second-order valence-corrected chi connectivity index (χ2v) is 1.46. The lowest BCUT2D eigenvalue weighted by atomic mass is 10.7. The van der Waals surface area contributed by atoms with Gasteiger partial charge in [-0.15, -0.1) is 12.4 Å². The van der Waals surface area contributed by atoms with Gasteiger partial charge in [0.1, 0.15) is 0 Å². The van der Waals surface area contributed by atoms with Crippen LogP contribution in [0.3, 0.4) is 0 Å². The first kappa shape index (κ1) is 12.7. The largest absolute Gasteiger partial charge is 0.479 e. The predicted molar refractivity (Wildman–Crippen MR) is 42.1 cm³/mol. The van der Waals surface area contributed by atoms with E-state index in [1.54, 1.807) is 6.92 Å². The average molecular weight is 183 g/mol. The molecule has 0 fully saturated rings. The summed E-state index contributed by atoms with van der Waals surface area (Å²) < 4.78 is 8.89. The molecule has 1 amide bonds. The number of amides is 1. The van der Waals surface area contributed by atoms with Crippen molar-refractivity contribution in [3.8, 4) is 0 Å². The van der Waals surface area contributed by atoms with Crippen molar-refractivity contribution in [1.82, 2.24) is 0 Å². The van der Waals surface area contributed by atoms with Gasteiger partial charge in [0.05, 0.1) is 6.61 Å². The van der Waals surface area contributed by atoms with Gasteiger partial charge in [-0.3, -0.25) is 5.41 Å². The van der Waals surface area contributed by atoms with Gasteiger partial charge in [-0.2, -0.15) is 0 Å². The SMILES string of the molecule is CCOC(=N)COC(N)=O.Cl. The average Bonchev–Trinajstić information content (AvgIpc) is 1.85. The molecule has 0 aromatic heterocycles. The first-order valence-electron chi connectivity index (χ1n) is 2.79. The first-order valence-corrected chi connectivity index (χ1v) is 2.79. The molecule has 0 spiro atoms. The van der Waals surface area contributed by atoms with Crippen LogP contribution in [-0.2, 0) is 9.47 Å². The molecule has 0 aromatic rings. The van der Waals surface area contributed by atoms with Crippen LogP contribution < -0.4 is 5.73 Å². The third-order valence-corrected chi connectivity index (χ3v) is 0.664. The number of primary amides is 1. The van der Waals surface area contributed by atoms with Gasteiger partial charge >= 0.3 is 6.09 Å². The van der Waals surface area contributed by atoms with Crippen LogP contribution in [0.5, 0.6) is 0 Å². The van der Waals surface area contributed by atoms with Crippen molar-refractivity contribution in [3.05, 3.63) is 0 Å². The molecule has 6 heteroatoms. The minimum Gasteiger partial charge on any atom is -0.479 e. The number of carbonyl (C=O) groups excluding carboxylic acids is 1. The minimum atomic E-state index is -0.899. The molecule has 0 aliphatic rings. The third kappa shape index (κ3) is 9.03. The second-order valence-electron chi connectivity index (χ2n) is 1.46. The monoisotopic (exact) mass is 182 g/mol. The number of nitrogens with one attached hydrogen (secondary N) is 1. The Bertz CT molecular complexity index is 140. The van der Waals surface area contributed by atoms with Gasteiger partial charge < -0.3 is 15.2 Å². The van der Waals surface area contributed by atoms with Crippen LogP contribution in [0.4, 0.5) is 4.79 Å². The van der Waals surface area contributed by atoms with E-state index in [0.717, 1.165) is 0 Å². The van der Waals surface area contributed by atoms with Crippen molar-refractivity contribution < 1.29 is 14.3 Å². The number of ether oxygens (including phenoxy) is 2. The molecule has 5 nitrogen and oxygen atoms in total. The Kier molecular flexibility index (Phi) is 8.23. The molecule has 0 unspecified atom stereocenters. The predicted octanol–water partition coefficient (Wildman–Crippen LogP) is 0.517. The number of rotatable bonds is 3. The molecule has 0 radical (unpaired) electrons. The Labute approximate surface area is 70.8 Å². The molecular weight excluding hydrogens is 172 g/mol. The highest BCUT2D eigenvalue weighted by Gasteiger charge is 1.98. The number of carbonyl (C=O) groups is 1. The highest BCUT2D eigenvalue weighted by atomic mass is 35.5. The van der Waals surface area contributed by atoms with Crippen molar-refractivity contribution in [2.45, 2.75) is 6.92 Å². The maximum Gasteiger partial charge on any atom is 0.404 e. The normalized spacial score (nSPS) is 7.73. The van der Waals surface area contributed by atoms with Crippen molar-refractivity contribution in [2.24, 2.45) is 5.73 Å². The molecule has 0 saturated carbocycles. The summed E-state index contributed by atoms with van der Waals surface area (Å²) in [6.45, 7) is 1.93. The van der Waals surface area contributed by atoms with E-state index in [1.807, 2.05) is 0 Å². The summed E-state index contributed by atoms with van der Waals surface area (Å²) in [5, 5.41) is 6.93. The number of hydrogen-bond donors (Lipinski definition) is 2. The van der Waals surface area contributed by atoms with Gasteiger partial charge in [-0.05, 0) is 6.92 Å². The third-order valence-electron chi connectivity index (χ3n) is 0.664. The number of hydrogen-bond acceptors (Lipinski definition) is 4. The quantitative estimate of drug-likeness (QED) is 0.493. The van der Waals surface area contributed by atoms with Crippen LogP contribution in [-0.4, -0.2) is 25.2 Å². The van der Waals surface area contributed by atoms with E-state index in [-0.39, 0.29) is 24.9 Å². The molecule has 0 heterocycles. The maximum atomic E-state index is 9.96. The fourth-order valence-corrected chi connectivity index (χ4v) is 0.353. The summed E-state index contributed by atoms with van der Waals surface area (Å²) in [5.41, 5.74) is 4.62. The molecule has 0 saturated heterocycles. The smallest absolute Gasteiger partial charge is 0.404 e. The van der Waals surface area contributed by atoms with E-state index < -0.39 is 6.09 Å². The molecular formula is C5H11ClN2O3. The van der Waals surface area contributed by atoms with Crippen molar-refractivity contribution in [1.29, 1.82) is 5.41 Å². The zero-order valence-electron chi connectivity index (χ0n) is 6.12. The molecule has 0 aliphatic heterocycles. The summed E-state index contributed by atoms with van der Waals surface area (Å²) in [7, 11) is 0. The molecule has 11 heavy (non-hydrogen) atoms. The van der Waals surface area contributed by atoms with Crippen LogP contribution in [0.2, 0.25) is 0 Å². The minimum absolute atomic E-state index is 0. The molecule has 0 atom stereocenters. The molecule has 0 aliphatic carbocycles. The van der Waals surface area contributed by atoms with Crippen LogP contribution >= 0.6 is 12.4 Å². The van der Waals surface area contributed by atoms with E-state index in [0.29, 0.717) is 6.61 Å². The van der Waals surface area contributed by atoms with Crippen molar-refractivity contribution in [3.63, 3.8) is 0 Å². The topological polar surface area (TPSA) is 85.4 Å². The molecule has 0 rings (SSSR count). The van der Waals surface area contributed by atoms with Crippen LogP contribution in [0, 0.1) is 5.41 Å². The second kappa shape index (κ2) is 7.14. The van der Waals surface area contributed by atoms with Crippen molar-refractivity contribution in [2.75, 3.05) is 13.2 Å². The highest BCUT2D eigenvalue weighted by molar-refractivity contribution is 5.85. The maximum absolute atomic E-state index is 9.96. The molecule has 0 aromatic carbocycles. The molecule has 66 valence electrons. The zero-order chi connectivity index (χ0) is 7.98. The number of nitrogens with two attached hydrogens (primary N) is 1. The summed E-state index contributed by atoms with van der Waals surface area (Å²) in [6.07, 6.45) is -0.899. The van der Waals surface area contributed by atoms with Gasteiger partial charge in [0.25, 0.3) is 0 Å². The first-order chi connectivity index (χ1) is 4.66. The van der Waals surface area contributed by atoms with E-state index in [2.05, 4.69) is 15.2 Å². The summed E-state index contributed by atoms with van der Waals surface area (Å²) in [5.74, 6) is -0.0960. The fraction of sp³-hybridized carbons (Fsp3) is 0.600. The van der Waals surface area contributed by atoms with E-state index in [1.165, 1.54) is 0 Å². The van der Waals surface area contributed by atoms with Crippen LogP contribution in [0.15, 0.2) is 0 Å². The lowest BCUT2D eigenvalue weighted by Gasteiger charge is -2.02. The van der Waals surface area contributed by atoms with Gasteiger partial charge in [0.2, 0.25) is 5.90 Å². The molecule has 3 N–H and O–H groups in total.